The Morgan fingerprint density at radius 3 is 2.44 bits per heavy atom. The standard InChI is InChI=1S/C25H25ClN2O5S/c1-15-4-8-21(16(2)12-15)28-34(30,31)24-14-19(5-7-20(24)26)25(29)27-17(3)18-6-9-22-23(13-18)33-11-10-32-22/h4-9,12-14,17,28H,10-11H2,1-3H3,(H,27,29)/t17-/m1/s1. The van der Waals surface area contributed by atoms with E-state index in [9.17, 15) is 13.2 Å². The molecule has 0 spiro atoms. The van der Waals surface area contributed by atoms with Crippen LogP contribution in [0.4, 0.5) is 5.69 Å². The van der Waals surface area contributed by atoms with E-state index in [1.165, 1.54) is 18.2 Å². The topological polar surface area (TPSA) is 93.7 Å². The van der Waals surface area contributed by atoms with Crippen LogP contribution in [0.5, 0.6) is 11.5 Å². The Hall–Kier alpha value is -3.23. The Kier molecular flexibility index (Phi) is 6.72. The summed E-state index contributed by atoms with van der Waals surface area (Å²) in [4.78, 5) is 12.8. The zero-order valence-electron chi connectivity index (χ0n) is 19.0. The maximum Gasteiger partial charge on any atom is 0.263 e. The predicted octanol–water partition coefficient (Wildman–Crippen LogP) is 5.02. The molecule has 3 aromatic rings. The number of rotatable bonds is 6. The summed E-state index contributed by atoms with van der Waals surface area (Å²) in [5.74, 6) is 0.863. The number of carbonyl (C=O) groups is 1. The molecule has 178 valence electrons. The minimum absolute atomic E-state index is 0.0219. The molecule has 1 aliphatic heterocycles. The lowest BCUT2D eigenvalue weighted by Crippen LogP contribution is -2.27. The number of sulfonamides is 1. The van der Waals surface area contributed by atoms with E-state index in [0.29, 0.717) is 30.4 Å². The number of carbonyl (C=O) groups excluding carboxylic acids is 1. The van der Waals surface area contributed by atoms with Crippen molar-refractivity contribution in [2.24, 2.45) is 0 Å². The average molecular weight is 501 g/mol. The van der Waals surface area contributed by atoms with Crippen LogP contribution < -0.4 is 19.5 Å². The fourth-order valence-corrected chi connectivity index (χ4v) is 5.33. The maximum atomic E-state index is 13.1. The molecule has 0 aromatic heterocycles. The number of hydrogen-bond acceptors (Lipinski definition) is 5. The summed E-state index contributed by atoms with van der Waals surface area (Å²) in [7, 11) is -4.02. The van der Waals surface area contributed by atoms with Crippen LogP contribution in [-0.4, -0.2) is 27.5 Å². The van der Waals surface area contributed by atoms with Crippen molar-refractivity contribution < 1.29 is 22.7 Å². The number of benzene rings is 3. The number of halogens is 1. The van der Waals surface area contributed by atoms with Crippen LogP contribution in [-0.2, 0) is 10.0 Å². The molecule has 1 aliphatic rings. The van der Waals surface area contributed by atoms with Crippen LogP contribution in [0.15, 0.2) is 59.5 Å². The molecule has 1 amide bonds. The van der Waals surface area contributed by atoms with E-state index in [2.05, 4.69) is 10.0 Å². The monoisotopic (exact) mass is 500 g/mol. The Morgan fingerprint density at radius 2 is 1.71 bits per heavy atom. The highest BCUT2D eigenvalue weighted by Crippen LogP contribution is 2.33. The van der Waals surface area contributed by atoms with Gasteiger partial charge < -0.3 is 14.8 Å². The van der Waals surface area contributed by atoms with Gasteiger partial charge in [-0.2, -0.15) is 0 Å². The average Bonchev–Trinajstić information content (AvgIpc) is 2.80. The highest BCUT2D eigenvalue weighted by molar-refractivity contribution is 7.92. The van der Waals surface area contributed by atoms with Gasteiger partial charge in [0.2, 0.25) is 0 Å². The summed E-state index contributed by atoms with van der Waals surface area (Å²) in [6, 6.07) is 14.7. The van der Waals surface area contributed by atoms with Gasteiger partial charge in [-0.3, -0.25) is 9.52 Å². The van der Waals surface area contributed by atoms with Crippen molar-refractivity contribution in [2.45, 2.75) is 31.7 Å². The van der Waals surface area contributed by atoms with Crippen LogP contribution in [0.3, 0.4) is 0 Å². The number of aryl methyl sites for hydroxylation is 2. The summed E-state index contributed by atoms with van der Waals surface area (Å²) in [5, 5.41) is 2.91. The number of nitrogens with one attached hydrogen (secondary N) is 2. The number of ether oxygens (including phenoxy) is 2. The summed E-state index contributed by atoms with van der Waals surface area (Å²) in [6.07, 6.45) is 0. The van der Waals surface area contributed by atoms with Gasteiger partial charge >= 0.3 is 0 Å². The number of hydrogen-bond donors (Lipinski definition) is 2. The summed E-state index contributed by atoms with van der Waals surface area (Å²) in [5.41, 5.74) is 3.25. The van der Waals surface area contributed by atoms with Gasteiger partial charge in [0, 0.05) is 5.56 Å². The second kappa shape index (κ2) is 9.56. The molecule has 0 saturated heterocycles. The first-order chi connectivity index (χ1) is 16.1. The lowest BCUT2D eigenvalue weighted by Gasteiger charge is -2.21. The zero-order valence-corrected chi connectivity index (χ0v) is 20.6. The summed E-state index contributed by atoms with van der Waals surface area (Å²) in [6.45, 7) is 6.54. The van der Waals surface area contributed by atoms with Crippen molar-refractivity contribution in [3.05, 3.63) is 81.9 Å². The van der Waals surface area contributed by atoms with Gasteiger partial charge in [-0.05, 0) is 68.3 Å². The van der Waals surface area contributed by atoms with Crippen LogP contribution in [0.25, 0.3) is 0 Å². The molecule has 0 saturated carbocycles. The summed E-state index contributed by atoms with van der Waals surface area (Å²) >= 11 is 6.21. The molecule has 0 radical (unpaired) electrons. The van der Waals surface area contributed by atoms with Crippen LogP contribution in [0.2, 0.25) is 5.02 Å². The molecule has 7 nitrogen and oxygen atoms in total. The van der Waals surface area contributed by atoms with Gasteiger partial charge in [-0.1, -0.05) is 35.4 Å². The largest absolute Gasteiger partial charge is 0.486 e. The van der Waals surface area contributed by atoms with Crippen molar-refractivity contribution in [2.75, 3.05) is 17.9 Å². The smallest absolute Gasteiger partial charge is 0.263 e. The minimum Gasteiger partial charge on any atom is -0.486 e. The van der Waals surface area contributed by atoms with Gasteiger partial charge in [-0.15, -0.1) is 0 Å². The number of amides is 1. The molecule has 2 N–H and O–H groups in total. The lowest BCUT2D eigenvalue weighted by atomic mass is 10.1. The quantitative estimate of drug-likeness (QED) is 0.495. The van der Waals surface area contributed by atoms with E-state index in [4.69, 9.17) is 21.1 Å². The van der Waals surface area contributed by atoms with Crippen molar-refractivity contribution in [1.29, 1.82) is 0 Å². The van der Waals surface area contributed by atoms with Crippen LogP contribution in [0, 0.1) is 13.8 Å². The molecule has 0 bridgehead atoms. The van der Waals surface area contributed by atoms with Crippen molar-refractivity contribution in [3.63, 3.8) is 0 Å². The second-order valence-corrected chi connectivity index (χ2v) is 10.2. The molecule has 34 heavy (non-hydrogen) atoms. The van der Waals surface area contributed by atoms with Gasteiger partial charge in [-0.25, -0.2) is 8.42 Å². The molecule has 0 fully saturated rings. The van der Waals surface area contributed by atoms with Gasteiger partial charge in [0.15, 0.2) is 11.5 Å². The van der Waals surface area contributed by atoms with E-state index in [1.807, 2.05) is 45.0 Å². The Bertz CT molecular complexity index is 1360. The Balaban J connectivity index is 1.54. The van der Waals surface area contributed by atoms with E-state index < -0.39 is 15.9 Å². The van der Waals surface area contributed by atoms with E-state index in [0.717, 1.165) is 16.7 Å². The van der Waals surface area contributed by atoms with Crippen molar-refractivity contribution in [3.8, 4) is 11.5 Å². The highest BCUT2D eigenvalue weighted by Gasteiger charge is 2.22. The van der Waals surface area contributed by atoms with Gasteiger partial charge in [0.1, 0.15) is 18.1 Å². The maximum absolute atomic E-state index is 13.1. The first-order valence-corrected chi connectivity index (χ1v) is 12.6. The Morgan fingerprint density at radius 1 is 0.971 bits per heavy atom. The molecule has 1 atom stereocenters. The molecular weight excluding hydrogens is 476 g/mol. The van der Waals surface area contributed by atoms with E-state index >= 15 is 0 Å². The van der Waals surface area contributed by atoms with Crippen LogP contribution in [0.1, 0.15) is 40.0 Å². The molecule has 4 rings (SSSR count). The number of fused-ring (bicyclic) bond motifs is 1. The fourth-order valence-electron chi connectivity index (χ4n) is 3.67. The third-order valence-electron chi connectivity index (χ3n) is 5.52. The third kappa shape index (κ3) is 5.13. The molecule has 0 aliphatic carbocycles. The normalized spacial score (nSPS) is 13.8. The molecule has 9 heteroatoms. The van der Waals surface area contributed by atoms with E-state index in [1.54, 1.807) is 12.1 Å². The first kappa shape index (κ1) is 23.9. The predicted molar refractivity (Wildman–Crippen MR) is 131 cm³/mol. The van der Waals surface area contributed by atoms with Crippen molar-refractivity contribution >= 4 is 33.2 Å². The fraction of sp³-hybridized carbons (Fsp3) is 0.240. The van der Waals surface area contributed by atoms with E-state index in [-0.39, 0.29) is 21.5 Å². The molecular formula is C25H25ClN2O5S. The molecule has 0 unspecified atom stereocenters. The Labute approximate surface area is 204 Å². The molecule has 1 heterocycles. The first-order valence-electron chi connectivity index (χ1n) is 10.7. The van der Waals surface area contributed by atoms with Crippen molar-refractivity contribution in [1.82, 2.24) is 5.32 Å². The summed E-state index contributed by atoms with van der Waals surface area (Å²) < 4.78 is 39.8. The minimum atomic E-state index is -4.02. The zero-order chi connectivity index (χ0) is 24.5. The third-order valence-corrected chi connectivity index (χ3v) is 7.37. The second-order valence-electron chi connectivity index (χ2n) is 8.17. The van der Waals surface area contributed by atoms with Crippen LogP contribution >= 0.6 is 11.6 Å². The lowest BCUT2D eigenvalue weighted by molar-refractivity contribution is 0.0939. The SMILES string of the molecule is Cc1ccc(NS(=O)(=O)c2cc(C(=O)N[C@H](C)c3ccc4c(c3)OCCO4)ccc2Cl)c(C)c1. The highest BCUT2D eigenvalue weighted by atomic mass is 35.5. The molecule has 3 aromatic carbocycles. The van der Waals surface area contributed by atoms with Gasteiger partial charge in [0.25, 0.3) is 15.9 Å². The van der Waals surface area contributed by atoms with Gasteiger partial charge in [0.05, 0.1) is 16.8 Å². The number of anilines is 1.